The zero-order valence-corrected chi connectivity index (χ0v) is 11.9. The quantitative estimate of drug-likeness (QED) is 0.517. The Morgan fingerprint density at radius 1 is 1.25 bits per heavy atom. The number of nitrogens with one attached hydrogen (secondary N) is 2. The lowest BCUT2D eigenvalue weighted by molar-refractivity contribution is -0.138. The van der Waals surface area contributed by atoms with Gasteiger partial charge in [0, 0.05) is 6.04 Å². The zero-order chi connectivity index (χ0) is 15.3. The number of carbonyl (C=O) groups excluding carboxylic acids is 2. The van der Waals surface area contributed by atoms with Crippen LogP contribution >= 0.6 is 0 Å². The van der Waals surface area contributed by atoms with Gasteiger partial charge in [-0.05, 0) is 31.1 Å². The van der Waals surface area contributed by atoms with Gasteiger partial charge in [0.25, 0.3) is 0 Å². The third kappa shape index (κ3) is 5.90. The third-order valence-corrected chi connectivity index (χ3v) is 3.25. The van der Waals surface area contributed by atoms with Crippen LogP contribution in [0.15, 0.2) is 0 Å². The fourth-order valence-corrected chi connectivity index (χ4v) is 2.18. The first-order valence-electron chi connectivity index (χ1n) is 6.87. The molecule has 0 heterocycles. The number of hydrogen-bond acceptors (Lipinski definition) is 3. The first-order valence-corrected chi connectivity index (χ1v) is 6.87. The van der Waals surface area contributed by atoms with Crippen molar-refractivity contribution < 1.29 is 19.5 Å². The maximum absolute atomic E-state index is 12.2. The van der Waals surface area contributed by atoms with Gasteiger partial charge in [0.1, 0.15) is 6.04 Å². The standard InChI is InChI=1S/C13H23N3O4/c1-7(2)5-10(16-13(14)20)12(19)15-9(6-11(17)18)8-3-4-8/h7-10H,3-6H2,1-2H3,(H,15,19)(H,17,18)(H3,14,16,20). The topological polar surface area (TPSA) is 122 Å². The molecule has 1 rings (SSSR count). The fraction of sp³-hybridized carbons (Fsp3) is 0.769. The molecule has 0 spiro atoms. The average molecular weight is 285 g/mol. The molecular weight excluding hydrogens is 262 g/mol. The Balaban J connectivity index is 2.62. The molecule has 0 aliphatic heterocycles. The van der Waals surface area contributed by atoms with Crippen molar-refractivity contribution in [3.8, 4) is 0 Å². The molecule has 0 saturated heterocycles. The van der Waals surface area contributed by atoms with Crippen LogP contribution in [0.2, 0.25) is 0 Å². The second-order valence-electron chi connectivity index (χ2n) is 5.74. The highest BCUT2D eigenvalue weighted by Crippen LogP contribution is 2.34. The molecule has 0 aromatic rings. The summed E-state index contributed by atoms with van der Waals surface area (Å²) >= 11 is 0. The Morgan fingerprint density at radius 2 is 1.85 bits per heavy atom. The summed E-state index contributed by atoms with van der Waals surface area (Å²) in [7, 11) is 0. The number of nitrogens with two attached hydrogens (primary N) is 1. The summed E-state index contributed by atoms with van der Waals surface area (Å²) in [6.07, 6.45) is 2.22. The van der Waals surface area contributed by atoms with Crippen molar-refractivity contribution >= 4 is 17.9 Å². The number of primary amides is 1. The van der Waals surface area contributed by atoms with Crippen LogP contribution < -0.4 is 16.4 Å². The van der Waals surface area contributed by atoms with Crippen LogP contribution in [0.25, 0.3) is 0 Å². The maximum Gasteiger partial charge on any atom is 0.312 e. The van der Waals surface area contributed by atoms with E-state index in [-0.39, 0.29) is 30.2 Å². The van der Waals surface area contributed by atoms with Gasteiger partial charge in [-0.15, -0.1) is 0 Å². The Labute approximate surface area is 118 Å². The predicted molar refractivity (Wildman–Crippen MR) is 72.9 cm³/mol. The van der Waals surface area contributed by atoms with E-state index in [0.717, 1.165) is 12.8 Å². The van der Waals surface area contributed by atoms with Crippen molar-refractivity contribution in [3.63, 3.8) is 0 Å². The van der Waals surface area contributed by atoms with Gasteiger partial charge in [0.05, 0.1) is 6.42 Å². The Hall–Kier alpha value is -1.79. The lowest BCUT2D eigenvalue weighted by Crippen LogP contribution is -2.52. The van der Waals surface area contributed by atoms with Gasteiger partial charge in [-0.3, -0.25) is 9.59 Å². The molecule has 2 unspecified atom stereocenters. The van der Waals surface area contributed by atoms with Crippen LogP contribution in [0.5, 0.6) is 0 Å². The predicted octanol–water partition coefficient (Wildman–Crippen LogP) is 0.439. The summed E-state index contributed by atoms with van der Waals surface area (Å²) in [5.74, 6) is -0.874. The summed E-state index contributed by atoms with van der Waals surface area (Å²) in [5.41, 5.74) is 5.07. The van der Waals surface area contributed by atoms with Crippen LogP contribution in [0.1, 0.15) is 39.5 Å². The average Bonchev–Trinajstić information content (AvgIpc) is 3.08. The minimum Gasteiger partial charge on any atom is -0.481 e. The number of amides is 3. The van der Waals surface area contributed by atoms with Crippen LogP contribution in [-0.2, 0) is 9.59 Å². The Bertz CT molecular complexity index is 380. The van der Waals surface area contributed by atoms with E-state index in [1.54, 1.807) is 0 Å². The largest absolute Gasteiger partial charge is 0.481 e. The second kappa shape index (κ2) is 7.12. The molecular formula is C13H23N3O4. The van der Waals surface area contributed by atoms with Crippen molar-refractivity contribution in [1.82, 2.24) is 10.6 Å². The van der Waals surface area contributed by atoms with Gasteiger partial charge >= 0.3 is 12.0 Å². The van der Waals surface area contributed by atoms with E-state index < -0.39 is 18.0 Å². The molecule has 1 saturated carbocycles. The van der Waals surface area contributed by atoms with Crippen LogP contribution in [0, 0.1) is 11.8 Å². The van der Waals surface area contributed by atoms with Crippen molar-refractivity contribution in [3.05, 3.63) is 0 Å². The molecule has 1 fully saturated rings. The second-order valence-corrected chi connectivity index (χ2v) is 5.74. The summed E-state index contributed by atoms with van der Waals surface area (Å²) in [6, 6.07) is -1.85. The fourth-order valence-electron chi connectivity index (χ4n) is 2.18. The lowest BCUT2D eigenvalue weighted by atomic mass is 10.0. The van der Waals surface area contributed by atoms with E-state index >= 15 is 0 Å². The molecule has 0 bridgehead atoms. The van der Waals surface area contributed by atoms with Gasteiger partial charge in [-0.1, -0.05) is 13.8 Å². The van der Waals surface area contributed by atoms with E-state index in [0.29, 0.717) is 6.42 Å². The Kier molecular flexibility index (Phi) is 5.79. The number of rotatable bonds is 8. The van der Waals surface area contributed by atoms with E-state index in [2.05, 4.69) is 10.6 Å². The van der Waals surface area contributed by atoms with Crippen LogP contribution in [0.4, 0.5) is 4.79 Å². The molecule has 3 amide bonds. The van der Waals surface area contributed by atoms with Crippen molar-refractivity contribution in [2.75, 3.05) is 0 Å². The third-order valence-electron chi connectivity index (χ3n) is 3.25. The minimum atomic E-state index is -0.939. The number of carboxylic acid groups (broad SMARTS) is 1. The van der Waals surface area contributed by atoms with Gasteiger partial charge in [0.2, 0.25) is 5.91 Å². The molecule has 2 atom stereocenters. The highest BCUT2D eigenvalue weighted by Gasteiger charge is 2.35. The SMILES string of the molecule is CC(C)CC(NC(N)=O)C(=O)NC(CC(=O)O)C1CC1. The maximum atomic E-state index is 12.2. The normalized spacial score (nSPS) is 17.4. The summed E-state index contributed by atoms with van der Waals surface area (Å²) in [5, 5.41) is 14.0. The molecule has 1 aliphatic rings. The molecule has 7 nitrogen and oxygen atoms in total. The first kappa shape index (κ1) is 16.3. The van der Waals surface area contributed by atoms with E-state index in [1.807, 2.05) is 13.8 Å². The Morgan fingerprint density at radius 3 is 2.25 bits per heavy atom. The van der Waals surface area contributed by atoms with Crippen LogP contribution in [-0.4, -0.2) is 35.1 Å². The number of carbonyl (C=O) groups is 3. The van der Waals surface area contributed by atoms with Gasteiger partial charge < -0.3 is 21.5 Å². The highest BCUT2D eigenvalue weighted by molar-refractivity contribution is 5.87. The van der Waals surface area contributed by atoms with Crippen molar-refractivity contribution in [2.45, 2.75) is 51.6 Å². The molecule has 0 aromatic carbocycles. The summed E-state index contributed by atoms with van der Waals surface area (Å²) in [4.78, 5) is 33.9. The van der Waals surface area contributed by atoms with E-state index in [4.69, 9.17) is 10.8 Å². The number of urea groups is 1. The van der Waals surface area contributed by atoms with Gasteiger partial charge in [0.15, 0.2) is 0 Å². The van der Waals surface area contributed by atoms with Gasteiger partial charge in [-0.2, -0.15) is 0 Å². The van der Waals surface area contributed by atoms with Gasteiger partial charge in [-0.25, -0.2) is 4.79 Å². The first-order chi connectivity index (χ1) is 9.29. The summed E-state index contributed by atoms with van der Waals surface area (Å²) in [6.45, 7) is 3.86. The molecule has 5 N–H and O–H groups in total. The highest BCUT2D eigenvalue weighted by atomic mass is 16.4. The molecule has 0 aromatic heterocycles. The lowest BCUT2D eigenvalue weighted by Gasteiger charge is -2.23. The molecule has 20 heavy (non-hydrogen) atoms. The van der Waals surface area contributed by atoms with E-state index in [1.165, 1.54) is 0 Å². The van der Waals surface area contributed by atoms with Crippen molar-refractivity contribution in [2.24, 2.45) is 17.6 Å². The monoisotopic (exact) mass is 285 g/mol. The minimum absolute atomic E-state index is 0.0959. The molecule has 7 heteroatoms. The molecule has 1 aliphatic carbocycles. The summed E-state index contributed by atoms with van der Waals surface area (Å²) < 4.78 is 0. The molecule has 114 valence electrons. The van der Waals surface area contributed by atoms with Crippen LogP contribution in [0.3, 0.4) is 0 Å². The number of aliphatic carboxylic acids is 1. The van der Waals surface area contributed by atoms with E-state index in [9.17, 15) is 14.4 Å². The smallest absolute Gasteiger partial charge is 0.312 e. The van der Waals surface area contributed by atoms with Crippen molar-refractivity contribution in [1.29, 1.82) is 0 Å². The molecule has 0 radical (unpaired) electrons. The number of hydrogen-bond donors (Lipinski definition) is 4. The zero-order valence-electron chi connectivity index (χ0n) is 11.9. The number of carboxylic acids is 1.